The number of nitrogens with one attached hydrogen (secondary N) is 3. The standard InChI is InChI=1S/C18H22N4O2/c1-3-4-8-18(24)22-17-10-9-16(12-19-17)21-15-7-5-6-14(11-15)20-13(2)23/h5-7,9-12,21H,3-4,8H2,1-2H3,(H,20,23)(H,19,22,24). The predicted molar refractivity (Wildman–Crippen MR) is 96.4 cm³/mol. The second kappa shape index (κ2) is 8.67. The van der Waals surface area contributed by atoms with Gasteiger partial charge in [-0.1, -0.05) is 19.4 Å². The van der Waals surface area contributed by atoms with E-state index in [0.717, 1.165) is 29.9 Å². The number of amides is 2. The fourth-order valence-electron chi connectivity index (χ4n) is 2.13. The molecule has 0 aliphatic rings. The number of anilines is 4. The molecular weight excluding hydrogens is 304 g/mol. The molecule has 0 atom stereocenters. The molecular formula is C18H22N4O2. The highest BCUT2D eigenvalue weighted by Gasteiger charge is 2.03. The Bertz CT molecular complexity index is 698. The summed E-state index contributed by atoms with van der Waals surface area (Å²) < 4.78 is 0. The molecule has 0 fully saturated rings. The van der Waals surface area contributed by atoms with Gasteiger partial charge in [0.15, 0.2) is 0 Å². The summed E-state index contributed by atoms with van der Waals surface area (Å²) in [5.41, 5.74) is 2.35. The molecule has 0 unspecified atom stereocenters. The fourth-order valence-corrected chi connectivity index (χ4v) is 2.13. The van der Waals surface area contributed by atoms with Gasteiger partial charge in [0.05, 0.1) is 11.9 Å². The van der Waals surface area contributed by atoms with Gasteiger partial charge in [-0.15, -0.1) is 0 Å². The van der Waals surface area contributed by atoms with E-state index in [1.165, 1.54) is 6.92 Å². The zero-order chi connectivity index (χ0) is 17.4. The lowest BCUT2D eigenvalue weighted by Crippen LogP contribution is -2.12. The van der Waals surface area contributed by atoms with E-state index in [-0.39, 0.29) is 11.8 Å². The van der Waals surface area contributed by atoms with Crippen LogP contribution in [0.4, 0.5) is 22.9 Å². The summed E-state index contributed by atoms with van der Waals surface area (Å²) in [5, 5.41) is 8.72. The molecule has 0 saturated heterocycles. The number of unbranched alkanes of at least 4 members (excludes halogenated alkanes) is 1. The van der Waals surface area contributed by atoms with Crippen molar-refractivity contribution in [3.63, 3.8) is 0 Å². The molecule has 6 nitrogen and oxygen atoms in total. The minimum absolute atomic E-state index is 0.0203. The quantitative estimate of drug-likeness (QED) is 0.720. The van der Waals surface area contributed by atoms with Gasteiger partial charge >= 0.3 is 0 Å². The number of nitrogens with zero attached hydrogens (tertiary/aromatic N) is 1. The molecule has 1 aromatic carbocycles. The van der Waals surface area contributed by atoms with Crippen LogP contribution in [-0.4, -0.2) is 16.8 Å². The summed E-state index contributed by atoms with van der Waals surface area (Å²) in [6.07, 6.45) is 4.02. The molecule has 3 N–H and O–H groups in total. The lowest BCUT2D eigenvalue weighted by Gasteiger charge is -2.09. The smallest absolute Gasteiger partial charge is 0.225 e. The molecule has 2 aromatic rings. The van der Waals surface area contributed by atoms with Crippen LogP contribution in [0.15, 0.2) is 42.6 Å². The molecule has 0 aliphatic heterocycles. The monoisotopic (exact) mass is 326 g/mol. The van der Waals surface area contributed by atoms with Crippen LogP contribution in [0.2, 0.25) is 0 Å². The third kappa shape index (κ3) is 5.72. The van der Waals surface area contributed by atoms with Gasteiger partial charge in [0.2, 0.25) is 11.8 Å². The Kier molecular flexibility index (Phi) is 6.31. The topological polar surface area (TPSA) is 83.1 Å². The van der Waals surface area contributed by atoms with Gasteiger partial charge in [-0.25, -0.2) is 4.98 Å². The molecule has 0 saturated carbocycles. The minimum atomic E-state index is -0.114. The number of carbonyl (C=O) groups excluding carboxylic acids is 2. The summed E-state index contributed by atoms with van der Waals surface area (Å²) in [5.74, 6) is 0.402. The van der Waals surface area contributed by atoms with Crippen LogP contribution < -0.4 is 16.0 Å². The largest absolute Gasteiger partial charge is 0.354 e. The Labute approximate surface area is 141 Å². The number of rotatable bonds is 7. The van der Waals surface area contributed by atoms with Crippen molar-refractivity contribution in [2.45, 2.75) is 33.1 Å². The first-order chi connectivity index (χ1) is 11.6. The number of benzene rings is 1. The van der Waals surface area contributed by atoms with Crippen molar-refractivity contribution in [3.05, 3.63) is 42.6 Å². The van der Waals surface area contributed by atoms with Crippen LogP contribution in [0.5, 0.6) is 0 Å². The summed E-state index contributed by atoms with van der Waals surface area (Å²) in [6.45, 7) is 3.52. The average molecular weight is 326 g/mol. The first-order valence-corrected chi connectivity index (χ1v) is 7.97. The number of hydrogen-bond acceptors (Lipinski definition) is 4. The predicted octanol–water partition coefficient (Wildman–Crippen LogP) is 3.91. The average Bonchev–Trinajstić information content (AvgIpc) is 2.54. The first-order valence-electron chi connectivity index (χ1n) is 7.97. The molecule has 2 amide bonds. The zero-order valence-electron chi connectivity index (χ0n) is 13.9. The van der Waals surface area contributed by atoms with Gasteiger partial charge < -0.3 is 16.0 Å². The van der Waals surface area contributed by atoms with Crippen LogP contribution in [-0.2, 0) is 9.59 Å². The third-order valence-corrected chi connectivity index (χ3v) is 3.26. The van der Waals surface area contributed by atoms with Crippen molar-refractivity contribution in [1.29, 1.82) is 0 Å². The van der Waals surface area contributed by atoms with Gasteiger partial charge in [-0.3, -0.25) is 9.59 Å². The van der Waals surface area contributed by atoms with Gasteiger partial charge in [-0.05, 0) is 36.8 Å². The van der Waals surface area contributed by atoms with Gasteiger partial charge in [0, 0.05) is 24.7 Å². The Morgan fingerprint density at radius 1 is 1.04 bits per heavy atom. The molecule has 6 heteroatoms. The van der Waals surface area contributed by atoms with E-state index in [0.29, 0.717) is 12.2 Å². The Hall–Kier alpha value is -2.89. The van der Waals surface area contributed by atoms with Crippen LogP contribution in [0.25, 0.3) is 0 Å². The van der Waals surface area contributed by atoms with Crippen LogP contribution in [0, 0.1) is 0 Å². The van der Waals surface area contributed by atoms with Gasteiger partial charge in [0.1, 0.15) is 5.82 Å². The molecule has 0 bridgehead atoms. The lowest BCUT2D eigenvalue weighted by molar-refractivity contribution is -0.116. The molecule has 1 aromatic heterocycles. The maximum absolute atomic E-state index is 11.7. The second-order valence-electron chi connectivity index (χ2n) is 5.47. The van der Waals surface area contributed by atoms with E-state index in [1.807, 2.05) is 37.3 Å². The van der Waals surface area contributed by atoms with Crippen molar-refractivity contribution < 1.29 is 9.59 Å². The van der Waals surface area contributed by atoms with Gasteiger partial charge in [0.25, 0.3) is 0 Å². The maximum Gasteiger partial charge on any atom is 0.225 e. The Balaban J connectivity index is 1.96. The van der Waals surface area contributed by atoms with E-state index in [9.17, 15) is 9.59 Å². The first kappa shape index (κ1) is 17.5. The highest BCUT2D eigenvalue weighted by Crippen LogP contribution is 2.20. The third-order valence-electron chi connectivity index (χ3n) is 3.26. The van der Waals surface area contributed by atoms with Crippen molar-refractivity contribution in [1.82, 2.24) is 4.98 Å². The van der Waals surface area contributed by atoms with Crippen LogP contribution in [0.3, 0.4) is 0 Å². The molecule has 0 aliphatic carbocycles. The number of aromatic nitrogens is 1. The molecule has 0 spiro atoms. The molecule has 2 rings (SSSR count). The lowest BCUT2D eigenvalue weighted by atomic mass is 10.2. The van der Waals surface area contributed by atoms with Crippen LogP contribution >= 0.6 is 0 Å². The number of carbonyl (C=O) groups is 2. The summed E-state index contributed by atoms with van der Waals surface area (Å²) in [7, 11) is 0. The van der Waals surface area contributed by atoms with Crippen molar-refractivity contribution in [3.8, 4) is 0 Å². The molecule has 24 heavy (non-hydrogen) atoms. The fraction of sp³-hybridized carbons (Fsp3) is 0.278. The highest BCUT2D eigenvalue weighted by molar-refractivity contribution is 5.90. The normalized spacial score (nSPS) is 10.1. The maximum atomic E-state index is 11.7. The molecule has 1 heterocycles. The molecule has 126 valence electrons. The van der Waals surface area contributed by atoms with Crippen molar-refractivity contribution in [2.24, 2.45) is 0 Å². The summed E-state index contributed by atoms with van der Waals surface area (Å²) in [6, 6.07) is 11.0. The van der Waals surface area contributed by atoms with E-state index < -0.39 is 0 Å². The number of hydrogen-bond donors (Lipinski definition) is 3. The van der Waals surface area contributed by atoms with Crippen LogP contribution in [0.1, 0.15) is 33.1 Å². The Morgan fingerprint density at radius 2 is 1.83 bits per heavy atom. The van der Waals surface area contributed by atoms with E-state index in [1.54, 1.807) is 12.3 Å². The Morgan fingerprint density at radius 3 is 2.50 bits per heavy atom. The van der Waals surface area contributed by atoms with E-state index in [4.69, 9.17) is 0 Å². The van der Waals surface area contributed by atoms with E-state index >= 15 is 0 Å². The second-order valence-corrected chi connectivity index (χ2v) is 5.47. The zero-order valence-corrected chi connectivity index (χ0v) is 13.9. The van der Waals surface area contributed by atoms with Gasteiger partial charge in [-0.2, -0.15) is 0 Å². The molecule has 0 radical (unpaired) electrons. The van der Waals surface area contributed by atoms with Crippen molar-refractivity contribution in [2.75, 3.05) is 16.0 Å². The summed E-state index contributed by atoms with van der Waals surface area (Å²) >= 11 is 0. The SMILES string of the molecule is CCCCC(=O)Nc1ccc(Nc2cccc(NC(C)=O)c2)cn1. The highest BCUT2D eigenvalue weighted by atomic mass is 16.2. The minimum Gasteiger partial charge on any atom is -0.354 e. The number of pyridine rings is 1. The van der Waals surface area contributed by atoms with E-state index in [2.05, 4.69) is 20.9 Å². The summed E-state index contributed by atoms with van der Waals surface area (Å²) in [4.78, 5) is 27.0. The van der Waals surface area contributed by atoms with Crippen molar-refractivity contribution >= 4 is 34.7 Å².